The zero-order chi connectivity index (χ0) is 36.4. The number of rotatable bonds is 6. The molecule has 6 aromatic carbocycles. The molecule has 0 bridgehead atoms. The average molecular weight is 697 g/mol. The molecule has 6 aromatic rings. The SMILES string of the molecule is CC1(C)c2ccccc2-c2ccc(N(c3ccccc3)C3(C)C=CC(C4=CC5c6ccccc6N(c6ccc(-c7ccccc7)cc6)C5C=C4)=CC3)cc21. The molecule has 3 atom stereocenters. The first-order valence-electron chi connectivity index (χ1n) is 19.3. The largest absolute Gasteiger partial charge is 0.333 e. The number of para-hydroxylation sites is 2. The molecule has 0 saturated heterocycles. The topological polar surface area (TPSA) is 6.48 Å². The van der Waals surface area contributed by atoms with E-state index in [0.717, 1.165) is 6.42 Å². The molecule has 262 valence electrons. The molecule has 0 saturated carbocycles. The summed E-state index contributed by atoms with van der Waals surface area (Å²) in [4.78, 5) is 5.07. The first-order chi connectivity index (χ1) is 26.4. The summed E-state index contributed by atoms with van der Waals surface area (Å²) in [7, 11) is 0. The van der Waals surface area contributed by atoms with Gasteiger partial charge in [0.15, 0.2) is 0 Å². The van der Waals surface area contributed by atoms with Gasteiger partial charge in [-0.1, -0.05) is 159 Å². The summed E-state index contributed by atoms with van der Waals surface area (Å²) in [6, 6.07) is 55.8. The highest BCUT2D eigenvalue weighted by Gasteiger charge is 2.40. The summed E-state index contributed by atoms with van der Waals surface area (Å²) in [6.07, 6.45) is 15.4. The lowest BCUT2D eigenvalue weighted by Gasteiger charge is -2.43. The van der Waals surface area contributed by atoms with Crippen LogP contribution in [-0.2, 0) is 5.41 Å². The fourth-order valence-electron chi connectivity index (χ4n) is 9.54. The van der Waals surface area contributed by atoms with Crippen LogP contribution in [0.5, 0.6) is 0 Å². The second-order valence-corrected chi connectivity index (χ2v) is 16.0. The van der Waals surface area contributed by atoms with Crippen LogP contribution in [0, 0.1) is 0 Å². The summed E-state index contributed by atoms with van der Waals surface area (Å²) < 4.78 is 0. The Hall–Kier alpha value is -6.12. The van der Waals surface area contributed by atoms with Gasteiger partial charge in [-0.05, 0) is 106 Å². The van der Waals surface area contributed by atoms with Crippen molar-refractivity contribution in [2.24, 2.45) is 0 Å². The Morgan fingerprint density at radius 1 is 0.593 bits per heavy atom. The van der Waals surface area contributed by atoms with Crippen LogP contribution in [0.1, 0.15) is 49.8 Å². The quantitative estimate of drug-likeness (QED) is 0.171. The Bertz CT molecular complexity index is 2520. The first kappa shape index (κ1) is 32.5. The minimum atomic E-state index is -0.251. The fourth-order valence-corrected chi connectivity index (χ4v) is 9.54. The van der Waals surface area contributed by atoms with Crippen molar-refractivity contribution < 1.29 is 0 Å². The van der Waals surface area contributed by atoms with E-state index in [9.17, 15) is 0 Å². The average Bonchev–Trinajstić information content (AvgIpc) is 3.67. The minimum Gasteiger partial charge on any atom is -0.333 e. The van der Waals surface area contributed by atoms with Gasteiger partial charge in [0.05, 0.1) is 11.6 Å². The molecule has 2 heteroatoms. The second kappa shape index (κ2) is 12.5. The van der Waals surface area contributed by atoms with Crippen LogP contribution in [0.3, 0.4) is 0 Å². The maximum absolute atomic E-state index is 2.55. The number of allylic oxidation sites excluding steroid dienone is 4. The van der Waals surface area contributed by atoms with Crippen molar-refractivity contribution in [2.75, 3.05) is 9.80 Å². The number of hydrogen-bond acceptors (Lipinski definition) is 2. The standard InChI is InChI=1S/C52H44N2/c1-51(2)47-20-12-10-18-43(47)44-28-27-42(35-48(44)51)54(41-16-8-5-9-17-41)52(3)32-30-38(31-33-52)39-24-29-50-46(34-39)45-19-11-13-21-49(45)53(50)40-25-22-37(23-26-40)36-14-6-4-7-15-36/h4-32,34-35,46,50H,33H2,1-3H3. The zero-order valence-corrected chi connectivity index (χ0v) is 31.2. The third-order valence-electron chi connectivity index (χ3n) is 12.3. The van der Waals surface area contributed by atoms with Gasteiger partial charge in [0.25, 0.3) is 0 Å². The van der Waals surface area contributed by atoms with Gasteiger partial charge < -0.3 is 9.80 Å². The van der Waals surface area contributed by atoms with Gasteiger partial charge in [0, 0.05) is 34.1 Å². The van der Waals surface area contributed by atoms with Crippen molar-refractivity contribution >= 4 is 22.7 Å². The molecule has 3 aliphatic carbocycles. The number of benzene rings is 6. The molecule has 4 aliphatic rings. The summed E-state index contributed by atoms with van der Waals surface area (Å²) in [6.45, 7) is 7.11. The van der Waals surface area contributed by atoms with Gasteiger partial charge in [-0.3, -0.25) is 0 Å². The predicted molar refractivity (Wildman–Crippen MR) is 227 cm³/mol. The highest BCUT2D eigenvalue weighted by molar-refractivity contribution is 5.84. The third kappa shape index (κ3) is 5.16. The molecule has 1 aliphatic heterocycles. The molecule has 0 spiro atoms. The first-order valence-corrected chi connectivity index (χ1v) is 19.3. The van der Waals surface area contributed by atoms with Crippen molar-refractivity contribution in [3.05, 3.63) is 216 Å². The second-order valence-electron chi connectivity index (χ2n) is 16.0. The van der Waals surface area contributed by atoms with Crippen molar-refractivity contribution in [1.82, 2.24) is 0 Å². The van der Waals surface area contributed by atoms with Crippen molar-refractivity contribution in [3.8, 4) is 22.3 Å². The maximum Gasteiger partial charge on any atom is 0.0643 e. The Kier molecular flexibility index (Phi) is 7.52. The number of fused-ring (bicyclic) bond motifs is 6. The predicted octanol–water partition coefficient (Wildman–Crippen LogP) is 13.2. The Balaban J connectivity index is 0.954. The minimum absolute atomic E-state index is 0.0572. The molecule has 3 unspecified atom stereocenters. The Morgan fingerprint density at radius 2 is 1.28 bits per heavy atom. The van der Waals surface area contributed by atoms with E-state index in [1.165, 1.54) is 72.8 Å². The summed E-state index contributed by atoms with van der Waals surface area (Å²) in [5.41, 5.74) is 16.6. The van der Waals surface area contributed by atoms with Crippen LogP contribution in [0.4, 0.5) is 22.7 Å². The molecule has 2 nitrogen and oxygen atoms in total. The van der Waals surface area contributed by atoms with E-state index in [1.807, 2.05) is 0 Å². The molecule has 0 aromatic heterocycles. The van der Waals surface area contributed by atoms with E-state index in [-0.39, 0.29) is 22.9 Å². The van der Waals surface area contributed by atoms with Crippen LogP contribution in [0.2, 0.25) is 0 Å². The molecule has 0 N–H and O–H groups in total. The molecule has 0 radical (unpaired) electrons. The monoisotopic (exact) mass is 696 g/mol. The van der Waals surface area contributed by atoms with E-state index in [0.29, 0.717) is 0 Å². The summed E-state index contributed by atoms with van der Waals surface area (Å²) >= 11 is 0. The molecule has 10 rings (SSSR count). The summed E-state index contributed by atoms with van der Waals surface area (Å²) in [5.74, 6) is 0.275. The van der Waals surface area contributed by atoms with E-state index in [2.05, 4.69) is 219 Å². The van der Waals surface area contributed by atoms with Crippen LogP contribution in [-0.4, -0.2) is 11.6 Å². The van der Waals surface area contributed by atoms with Crippen LogP contribution in [0.25, 0.3) is 22.3 Å². The molecule has 1 heterocycles. The molecule has 54 heavy (non-hydrogen) atoms. The van der Waals surface area contributed by atoms with Gasteiger partial charge >= 0.3 is 0 Å². The van der Waals surface area contributed by atoms with Crippen LogP contribution in [0.15, 0.2) is 199 Å². The highest BCUT2D eigenvalue weighted by Crippen LogP contribution is 2.52. The van der Waals surface area contributed by atoms with Gasteiger partial charge in [0.2, 0.25) is 0 Å². The lowest BCUT2D eigenvalue weighted by atomic mass is 9.81. The molecule has 0 fully saturated rings. The third-order valence-corrected chi connectivity index (χ3v) is 12.3. The highest BCUT2D eigenvalue weighted by atomic mass is 15.2. The fraction of sp³-hybridized carbons (Fsp3) is 0.154. The lowest BCUT2D eigenvalue weighted by molar-refractivity contribution is 0.567. The maximum atomic E-state index is 2.55. The van der Waals surface area contributed by atoms with Crippen molar-refractivity contribution in [2.45, 2.75) is 50.1 Å². The van der Waals surface area contributed by atoms with Gasteiger partial charge in [-0.15, -0.1) is 0 Å². The smallest absolute Gasteiger partial charge is 0.0643 e. The van der Waals surface area contributed by atoms with Crippen LogP contribution < -0.4 is 9.80 Å². The number of anilines is 4. The lowest BCUT2D eigenvalue weighted by Crippen LogP contribution is -2.42. The normalized spacial score (nSPS) is 21.4. The molecular weight excluding hydrogens is 653 g/mol. The Labute approximate surface area is 319 Å². The Morgan fingerprint density at radius 3 is 2.06 bits per heavy atom. The molecule has 0 amide bonds. The van der Waals surface area contributed by atoms with E-state index in [1.54, 1.807) is 0 Å². The van der Waals surface area contributed by atoms with Crippen LogP contribution >= 0.6 is 0 Å². The van der Waals surface area contributed by atoms with Crippen molar-refractivity contribution in [1.29, 1.82) is 0 Å². The van der Waals surface area contributed by atoms with Gasteiger partial charge in [-0.25, -0.2) is 0 Å². The van der Waals surface area contributed by atoms with E-state index < -0.39 is 0 Å². The molecular formula is C52H44N2. The number of hydrogen-bond donors (Lipinski definition) is 0. The summed E-state index contributed by atoms with van der Waals surface area (Å²) in [5, 5.41) is 0. The van der Waals surface area contributed by atoms with Gasteiger partial charge in [-0.2, -0.15) is 0 Å². The number of nitrogens with zero attached hydrogens (tertiary/aromatic N) is 2. The van der Waals surface area contributed by atoms with E-state index in [4.69, 9.17) is 0 Å². The van der Waals surface area contributed by atoms with Gasteiger partial charge in [0.1, 0.15) is 0 Å². The van der Waals surface area contributed by atoms with E-state index >= 15 is 0 Å². The van der Waals surface area contributed by atoms with Crippen molar-refractivity contribution in [3.63, 3.8) is 0 Å². The zero-order valence-electron chi connectivity index (χ0n) is 31.2.